The van der Waals surface area contributed by atoms with Crippen LogP contribution in [0.1, 0.15) is 50.2 Å². The Balaban J connectivity index is 1.80. The molecule has 24 heavy (non-hydrogen) atoms. The predicted molar refractivity (Wildman–Crippen MR) is 91.4 cm³/mol. The van der Waals surface area contributed by atoms with Crippen molar-refractivity contribution in [2.24, 2.45) is 0 Å². The Bertz CT molecular complexity index is 690. The Morgan fingerprint density at radius 1 is 1.21 bits per heavy atom. The van der Waals surface area contributed by atoms with Crippen LogP contribution in [0.25, 0.3) is 0 Å². The van der Waals surface area contributed by atoms with Crippen LogP contribution >= 0.6 is 0 Å². The number of nitrogens with zero attached hydrogens (tertiary/aromatic N) is 1. The number of urea groups is 1. The van der Waals surface area contributed by atoms with Crippen LogP contribution in [0.3, 0.4) is 0 Å². The lowest BCUT2D eigenvalue weighted by Gasteiger charge is -2.33. The van der Waals surface area contributed by atoms with Crippen molar-refractivity contribution in [3.05, 3.63) is 53.7 Å². The van der Waals surface area contributed by atoms with E-state index in [1.807, 2.05) is 30.9 Å². The highest BCUT2D eigenvalue weighted by Gasteiger charge is 2.32. The lowest BCUT2D eigenvalue weighted by atomic mass is 10.1. The van der Waals surface area contributed by atoms with Crippen LogP contribution in [-0.4, -0.2) is 17.0 Å². The summed E-state index contributed by atoms with van der Waals surface area (Å²) in [7, 11) is 0. The van der Waals surface area contributed by atoms with Crippen molar-refractivity contribution in [3.8, 4) is 0 Å². The molecule has 1 aliphatic rings. The molecule has 1 N–H and O–H groups in total. The molecular weight excluding hydrogens is 307 g/mol. The van der Waals surface area contributed by atoms with Crippen LogP contribution in [0.4, 0.5) is 14.9 Å². The molecule has 0 bridgehead atoms. The van der Waals surface area contributed by atoms with E-state index in [1.54, 1.807) is 12.1 Å². The zero-order valence-corrected chi connectivity index (χ0v) is 14.1. The van der Waals surface area contributed by atoms with E-state index in [0.29, 0.717) is 5.69 Å². The number of hydrogen-bond acceptors (Lipinski definition) is 2. The monoisotopic (exact) mass is 330 g/mol. The third kappa shape index (κ3) is 3.61. The molecule has 1 aromatic carbocycles. The number of amides is 2. The van der Waals surface area contributed by atoms with E-state index in [4.69, 9.17) is 4.42 Å². The van der Waals surface area contributed by atoms with Gasteiger partial charge in [0, 0.05) is 11.7 Å². The highest BCUT2D eigenvalue weighted by molar-refractivity contribution is 5.89. The largest absolute Gasteiger partial charge is 0.464 e. The van der Waals surface area contributed by atoms with Crippen LogP contribution in [0.5, 0.6) is 0 Å². The van der Waals surface area contributed by atoms with Crippen LogP contribution < -0.4 is 5.32 Å². The molecule has 0 unspecified atom stereocenters. The minimum absolute atomic E-state index is 0.151. The topological polar surface area (TPSA) is 45.5 Å². The molecule has 0 spiro atoms. The van der Waals surface area contributed by atoms with Crippen molar-refractivity contribution in [1.82, 2.24) is 4.90 Å². The molecule has 2 aromatic rings. The number of nitrogens with one attached hydrogen (secondary N) is 1. The third-order valence-corrected chi connectivity index (χ3v) is 4.64. The molecular formula is C19H23FN2O2. The number of aryl methyl sites for hydroxylation is 1. The van der Waals surface area contributed by atoms with Gasteiger partial charge in [0.15, 0.2) is 0 Å². The number of furan rings is 1. The molecule has 3 rings (SSSR count). The van der Waals surface area contributed by atoms with Gasteiger partial charge in [0.05, 0.1) is 6.04 Å². The maximum Gasteiger partial charge on any atom is 0.322 e. The Kier molecular flexibility index (Phi) is 4.88. The molecule has 1 heterocycles. The number of halogens is 1. The van der Waals surface area contributed by atoms with E-state index in [1.165, 1.54) is 12.1 Å². The Morgan fingerprint density at radius 3 is 2.46 bits per heavy atom. The molecule has 1 aliphatic carbocycles. The van der Waals surface area contributed by atoms with E-state index < -0.39 is 0 Å². The number of carbonyl (C=O) groups is 1. The van der Waals surface area contributed by atoms with E-state index in [0.717, 1.165) is 37.2 Å². The van der Waals surface area contributed by atoms with Gasteiger partial charge in [-0.1, -0.05) is 12.8 Å². The number of carbonyl (C=O) groups excluding carboxylic acids is 1. The zero-order valence-electron chi connectivity index (χ0n) is 14.1. The van der Waals surface area contributed by atoms with Crippen LogP contribution in [0, 0.1) is 12.7 Å². The van der Waals surface area contributed by atoms with E-state index >= 15 is 0 Å². The first-order valence-electron chi connectivity index (χ1n) is 8.46. The highest BCUT2D eigenvalue weighted by atomic mass is 19.1. The molecule has 1 saturated carbocycles. The van der Waals surface area contributed by atoms with Crippen LogP contribution in [0.15, 0.2) is 40.8 Å². The fraction of sp³-hybridized carbons (Fsp3) is 0.421. The van der Waals surface area contributed by atoms with Crippen molar-refractivity contribution in [3.63, 3.8) is 0 Å². The summed E-state index contributed by atoms with van der Waals surface area (Å²) >= 11 is 0. The molecule has 2 amide bonds. The first-order chi connectivity index (χ1) is 11.5. The van der Waals surface area contributed by atoms with Crippen LogP contribution in [0.2, 0.25) is 0 Å². The zero-order chi connectivity index (χ0) is 17.1. The molecule has 0 aliphatic heterocycles. The summed E-state index contributed by atoms with van der Waals surface area (Å²) < 4.78 is 18.8. The Morgan fingerprint density at radius 2 is 1.88 bits per heavy atom. The quantitative estimate of drug-likeness (QED) is 0.830. The lowest BCUT2D eigenvalue weighted by molar-refractivity contribution is 0.151. The second-order valence-corrected chi connectivity index (χ2v) is 6.41. The van der Waals surface area contributed by atoms with Gasteiger partial charge in [0.1, 0.15) is 17.3 Å². The van der Waals surface area contributed by atoms with Gasteiger partial charge in [0.2, 0.25) is 0 Å². The number of benzene rings is 1. The fourth-order valence-electron chi connectivity index (χ4n) is 3.38. The summed E-state index contributed by atoms with van der Waals surface area (Å²) in [6, 6.07) is 9.54. The third-order valence-electron chi connectivity index (χ3n) is 4.64. The Labute approximate surface area is 141 Å². The fourth-order valence-corrected chi connectivity index (χ4v) is 3.38. The minimum atomic E-state index is -0.319. The molecule has 5 heteroatoms. The second kappa shape index (κ2) is 7.07. The lowest BCUT2D eigenvalue weighted by Crippen LogP contribution is -2.43. The number of anilines is 1. The van der Waals surface area contributed by atoms with Gasteiger partial charge in [0.25, 0.3) is 0 Å². The van der Waals surface area contributed by atoms with Gasteiger partial charge >= 0.3 is 6.03 Å². The van der Waals surface area contributed by atoms with Gasteiger partial charge < -0.3 is 14.6 Å². The number of hydrogen-bond donors (Lipinski definition) is 1. The summed E-state index contributed by atoms with van der Waals surface area (Å²) in [5, 5.41) is 2.88. The summed E-state index contributed by atoms with van der Waals surface area (Å²) in [6.07, 6.45) is 4.27. The molecule has 128 valence electrons. The minimum Gasteiger partial charge on any atom is -0.464 e. The summed E-state index contributed by atoms with van der Waals surface area (Å²) in [6.45, 7) is 3.88. The highest BCUT2D eigenvalue weighted by Crippen LogP contribution is 2.32. The normalized spacial score (nSPS) is 16.1. The average molecular weight is 330 g/mol. The Hall–Kier alpha value is -2.30. The van der Waals surface area contributed by atoms with Crippen molar-refractivity contribution in [1.29, 1.82) is 0 Å². The van der Waals surface area contributed by atoms with Crippen molar-refractivity contribution in [2.45, 2.75) is 51.6 Å². The van der Waals surface area contributed by atoms with Crippen molar-refractivity contribution >= 4 is 11.7 Å². The van der Waals surface area contributed by atoms with E-state index in [2.05, 4.69) is 5.32 Å². The first-order valence-corrected chi connectivity index (χ1v) is 8.46. The van der Waals surface area contributed by atoms with Gasteiger partial charge in [-0.25, -0.2) is 9.18 Å². The smallest absolute Gasteiger partial charge is 0.322 e. The van der Waals surface area contributed by atoms with E-state index in [9.17, 15) is 9.18 Å². The standard InChI is InChI=1S/C19H23FN2O2/c1-13-7-12-18(24-13)14(2)22(17-5-3-4-6-17)19(23)21-16-10-8-15(20)9-11-16/h7-12,14,17H,3-6H2,1-2H3,(H,21,23)/t14-/m0/s1. The number of rotatable bonds is 4. The van der Waals surface area contributed by atoms with Crippen molar-refractivity contribution in [2.75, 3.05) is 5.32 Å². The molecule has 1 atom stereocenters. The summed E-state index contributed by atoms with van der Waals surface area (Å²) in [5.41, 5.74) is 0.590. The van der Waals surface area contributed by atoms with Gasteiger partial charge in [-0.3, -0.25) is 0 Å². The maximum absolute atomic E-state index is 13.0. The van der Waals surface area contributed by atoms with Gasteiger partial charge in [-0.05, 0) is 63.1 Å². The molecule has 0 saturated heterocycles. The summed E-state index contributed by atoms with van der Waals surface area (Å²) in [5.74, 6) is 1.30. The maximum atomic E-state index is 13.0. The van der Waals surface area contributed by atoms with Gasteiger partial charge in [-0.15, -0.1) is 0 Å². The second-order valence-electron chi connectivity index (χ2n) is 6.41. The SMILES string of the molecule is Cc1ccc([C@H](C)N(C(=O)Nc2ccc(F)cc2)C2CCCC2)o1. The van der Waals surface area contributed by atoms with Crippen molar-refractivity contribution < 1.29 is 13.6 Å². The van der Waals surface area contributed by atoms with Crippen LogP contribution in [-0.2, 0) is 0 Å². The summed E-state index contributed by atoms with van der Waals surface area (Å²) in [4.78, 5) is 14.8. The molecule has 0 radical (unpaired) electrons. The molecule has 1 aromatic heterocycles. The van der Waals surface area contributed by atoms with E-state index in [-0.39, 0.29) is 23.9 Å². The first kappa shape index (κ1) is 16.6. The average Bonchev–Trinajstić information content (AvgIpc) is 3.21. The van der Waals surface area contributed by atoms with Gasteiger partial charge in [-0.2, -0.15) is 0 Å². The molecule has 1 fully saturated rings. The predicted octanol–water partition coefficient (Wildman–Crippen LogP) is 5.26. The molecule has 4 nitrogen and oxygen atoms in total.